The van der Waals surface area contributed by atoms with Gasteiger partial charge in [0.15, 0.2) is 5.78 Å². The Kier molecular flexibility index (Phi) is 2.00. The highest BCUT2D eigenvalue weighted by Gasteiger charge is 2.47. The summed E-state index contributed by atoms with van der Waals surface area (Å²) in [6, 6.07) is 0. The van der Waals surface area contributed by atoms with Crippen LogP contribution in [0.1, 0.15) is 13.3 Å². The van der Waals surface area contributed by atoms with Crippen LogP contribution in [0, 0.1) is 11.3 Å². The van der Waals surface area contributed by atoms with Gasteiger partial charge in [-0.25, -0.2) is 0 Å². The molecule has 3 nitrogen and oxygen atoms in total. The molecule has 1 heterocycles. The van der Waals surface area contributed by atoms with Crippen LogP contribution in [-0.2, 0) is 9.53 Å². The SMILES string of the molecule is C[C@@]12COCCC1=CC(=O)[C@H]2CO. The fourth-order valence-electron chi connectivity index (χ4n) is 2.28. The number of carbonyl (C=O) groups excluding carboxylic acids is 1. The molecule has 13 heavy (non-hydrogen) atoms. The van der Waals surface area contributed by atoms with E-state index in [2.05, 4.69) is 0 Å². The average molecular weight is 182 g/mol. The zero-order chi connectivity index (χ0) is 9.47. The third-order valence-corrected chi connectivity index (χ3v) is 3.26. The van der Waals surface area contributed by atoms with Crippen LogP contribution in [0.15, 0.2) is 11.6 Å². The van der Waals surface area contributed by atoms with Gasteiger partial charge in [0.1, 0.15) is 0 Å². The standard InChI is InChI=1S/C10H14O3/c1-10-6-13-3-2-7(10)4-9(12)8(10)5-11/h4,8,11H,2-3,5-6H2,1H3/t8-,10-/m1/s1. The van der Waals surface area contributed by atoms with E-state index in [1.807, 2.05) is 6.92 Å². The van der Waals surface area contributed by atoms with Crippen LogP contribution in [-0.4, -0.2) is 30.7 Å². The fraction of sp³-hybridized carbons (Fsp3) is 0.700. The van der Waals surface area contributed by atoms with E-state index in [1.165, 1.54) is 0 Å². The van der Waals surface area contributed by atoms with E-state index < -0.39 is 0 Å². The van der Waals surface area contributed by atoms with Crippen molar-refractivity contribution in [2.75, 3.05) is 19.8 Å². The zero-order valence-electron chi connectivity index (χ0n) is 7.75. The van der Waals surface area contributed by atoms with E-state index in [0.29, 0.717) is 13.2 Å². The zero-order valence-corrected chi connectivity index (χ0v) is 7.75. The molecule has 3 heteroatoms. The first-order valence-corrected chi connectivity index (χ1v) is 4.62. The Morgan fingerprint density at radius 2 is 2.54 bits per heavy atom. The molecule has 1 aliphatic heterocycles. The minimum Gasteiger partial charge on any atom is -0.396 e. The summed E-state index contributed by atoms with van der Waals surface area (Å²) in [7, 11) is 0. The summed E-state index contributed by atoms with van der Waals surface area (Å²) in [4.78, 5) is 11.5. The summed E-state index contributed by atoms with van der Waals surface area (Å²) >= 11 is 0. The number of ketones is 1. The number of carbonyl (C=O) groups is 1. The first-order valence-electron chi connectivity index (χ1n) is 4.62. The Morgan fingerprint density at radius 3 is 3.23 bits per heavy atom. The van der Waals surface area contributed by atoms with Gasteiger partial charge in [0, 0.05) is 5.41 Å². The summed E-state index contributed by atoms with van der Waals surface area (Å²) in [6.45, 7) is 3.20. The second kappa shape index (κ2) is 2.93. The third kappa shape index (κ3) is 1.15. The van der Waals surface area contributed by atoms with Gasteiger partial charge in [0.05, 0.1) is 25.7 Å². The highest BCUT2D eigenvalue weighted by atomic mass is 16.5. The molecule has 1 fully saturated rings. The number of fused-ring (bicyclic) bond motifs is 1. The van der Waals surface area contributed by atoms with Gasteiger partial charge in [-0.3, -0.25) is 4.79 Å². The molecule has 0 aromatic heterocycles. The van der Waals surface area contributed by atoms with E-state index in [1.54, 1.807) is 6.08 Å². The number of rotatable bonds is 1. The predicted octanol–water partition coefficient (Wildman–Crippen LogP) is 0.531. The molecule has 72 valence electrons. The number of aliphatic hydroxyl groups is 1. The van der Waals surface area contributed by atoms with Crippen molar-refractivity contribution in [2.45, 2.75) is 13.3 Å². The molecule has 1 N–H and O–H groups in total. The lowest BCUT2D eigenvalue weighted by Gasteiger charge is -2.36. The lowest BCUT2D eigenvalue weighted by Crippen LogP contribution is -2.38. The van der Waals surface area contributed by atoms with Crippen LogP contribution in [0.4, 0.5) is 0 Å². The molecule has 0 aromatic rings. The molecule has 0 bridgehead atoms. The monoisotopic (exact) mass is 182 g/mol. The van der Waals surface area contributed by atoms with E-state index in [4.69, 9.17) is 9.84 Å². The van der Waals surface area contributed by atoms with Gasteiger partial charge in [-0.1, -0.05) is 12.5 Å². The Balaban J connectivity index is 2.33. The van der Waals surface area contributed by atoms with Crippen molar-refractivity contribution in [3.05, 3.63) is 11.6 Å². The fourth-order valence-corrected chi connectivity index (χ4v) is 2.28. The van der Waals surface area contributed by atoms with E-state index in [-0.39, 0.29) is 23.7 Å². The van der Waals surface area contributed by atoms with Crippen molar-refractivity contribution in [3.8, 4) is 0 Å². The van der Waals surface area contributed by atoms with E-state index in [0.717, 1.165) is 12.0 Å². The quantitative estimate of drug-likeness (QED) is 0.643. The Bertz CT molecular complexity index is 269. The van der Waals surface area contributed by atoms with Crippen molar-refractivity contribution in [2.24, 2.45) is 11.3 Å². The number of ether oxygens (including phenoxy) is 1. The first-order chi connectivity index (χ1) is 6.18. The van der Waals surface area contributed by atoms with E-state index in [9.17, 15) is 4.79 Å². The molecule has 0 amide bonds. The van der Waals surface area contributed by atoms with Gasteiger partial charge in [-0.2, -0.15) is 0 Å². The van der Waals surface area contributed by atoms with Gasteiger partial charge in [0.25, 0.3) is 0 Å². The van der Waals surface area contributed by atoms with Crippen molar-refractivity contribution >= 4 is 5.78 Å². The van der Waals surface area contributed by atoms with Crippen molar-refractivity contribution in [1.29, 1.82) is 0 Å². The van der Waals surface area contributed by atoms with Crippen LogP contribution in [0.25, 0.3) is 0 Å². The second-order valence-corrected chi connectivity index (χ2v) is 4.03. The minimum absolute atomic E-state index is 0.0606. The number of allylic oxidation sites excluding steroid dienone is 1. The summed E-state index contributed by atoms with van der Waals surface area (Å²) in [5.41, 5.74) is 0.923. The molecular formula is C10H14O3. The van der Waals surface area contributed by atoms with Gasteiger partial charge in [-0.15, -0.1) is 0 Å². The van der Waals surface area contributed by atoms with Crippen LogP contribution in [0.2, 0.25) is 0 Å². The number of hydrogen-bond acceptors (Lipinski definition) is 3. The summed E-state index contributed by atoms with van der Waals surface area (Å²) < 4.78 is 5.36. The normalized spacial score (nSPS) is 38.8. The maximum absolute atomic E-state index is 11.5. The molecule has 0 radical (unpaired) electrons. The van der Waals surface area contributed by atoms with Gasteiger partial charge in [-0.05, 0) is 12.5 Å². The molecule has 2 aliphatic rings. The second-order valence-electron chi connectivity index (χ2n) is 4.03. The van der Waals surface area contributed by atoms with Crippen LogP contribution >= 0.6 is 0 Å². The van der Waals surface area contributed by atoms with Crippen molar-refractivity contribution < 1.29 is 14.6 Å². The average Bonchev–Trinajstić information content (AvgIpc) is 2.35. The molecule has 2 rings (SSSR count). The molecule has 0 aromatic carbocycles. The number of aliphatic hydroxyl groups excluding tert-OH is 1. The van der Waals surface area contributed by atoms with Gasteiger partial charge < -0.3 is 9.84 Å². The lowest BCUT2D eigenvalue weighted by atomic mass is 9.74. The van der Waals surface area contributed by atoms with Crippen LogP contribution in [0.3, 0.4) is 0 Å². The summed E-state index contributed by atoms with van der Waals surface area (Å²) in [5, 5.41) is 9.13. The van der Waals surface area contributed by atoms with Crippen molar-refractivity contribution in [1.82, 2.24) is 0 Å². The molecule has 0 saturated carbocycles. The Hall–Kier alpha value is -0.670. The topological polar surface area (TPSA) is 46.5 Å². The third-order valence-electron chi connectivity index (χ3n) is 3.26. The molecule has 1 aliphatic carbocycles. The molecule has 2 atom stereocenters. The highest BCUT2D eigenvalue weighted by Crippen LogP contribution is 2.45. The van der Waals surface area contributed by atoms with Crippen molar-refractivity contribution in [3.63, 3.8) is 0 Å². The molecule has 0 spiro atoms. The highest BCUT2D eigenvalue weighted by molar-refractivity contribution is 5.96. The van der Waals surface area contributed by atoms with Crippen LogP contribution < -0.4 is 0 Å². The predicted molar refractivity (Wildman–Crippen MR) is 47.2 cm³/mol. The minimum atomic E-state index is -0.275. The number of hydrogen-bond donors (Lipinski definition) is 1. The van der Waals surface area contributed by atoms with Crippen LogP contribution in [0.5, 0.6) is 0 Å². The van der Waals surface area contributed by atoms with Gasteiger partial charge >= 0.3 is 0 Å². The van der Waals surface area contributed by atoms with E-state index >= 15 is 0 Å². The maximum atomic E-state index is 11.5. The van der Waals surface area contributed by atoms with Gasteiger partial charge in [0.2, 0.25) is 0 Å². The summed E-state index contributed by atoms with van der Waals surface area (Å²) in [6.07, 6.45) is 2.53. The molecule has 1 saturated heterocycles. The smallest absolute Gasteiger partial charge is 0.161 e. The lowest BCUT2D eigenvalue weighted by molar-refractivity contribution is -0.123. The Labute approximate surface area is 77.4 Å². The molecule has 0 unspecified atom stereocenters. The maximum Gasteiger partial charge on any atom is 0.161 e. The first kappa shape index (κ1) is 8.91. The summed E-state index contributed by atoms with van der Waals surface area (Å²) in [5.74, 6) is -0.215. The molecular weight excluding hydrogens is 168 g/mol. The largest absolute Gasteiger partial charge is 0.396 e. The Morgan fingerprint density at radius 1 is 1.77 bits per heavy atom.